The highest BCUT2D eigenvalue weighted by atomic mass is 16.7. The van der Waals surface area contributed by atoms with Gasteiger partial charge in [-0.1, -0.05) is 353 Å². The summed E-state index contributed by atoms with van der Waals surface area (Å²) in [5.41, 5.74) is 0. The van der Waals surface area contributed by atoms with Gasteiger partial charge in [0, 0.05) is 6.42 Å². The molecule has 6 N–H and O–H groups in total. The smallest absolute Gasteiger partial charge is 0.220 e. The van der Waals surface area contributed by atoms with Gasteiger partial charge in [0.15, 0.2) is 6.29 Å². The molecule has 0 aromatic rings. The molecule has 9 nitrogen and oxygen atoms in total. The Morgan fingerprint density at radius 3 is 1.05 bits per heavy atom. The average molecular weight is 1160 g/mol. The van der Waals surface area contributed by atoms with Gasteiger partial charge in [0.1, 0.15) is 24.4 Å². The van der Waals surface area contributed by atoms with Crippen molar-refractivity contribution in [2.75, 3.05) is 13.2 Å². The van der Waals surface area contributed by atoms with E-state index in [0.717, 1.165) is 44.9 Å². The van der Waals surface area contributed by atoms with Gasteiger partial charge >= 0.3 is 0 Å². The summed E-state index contributed by atoms with van der Waals surface area (Å²) >= 11 is 0. The van der Waals surface area contributed by atoms with Crippen molar-refractivity contribution >= 4 is 5.91 Å². The minimum Gasteiger partial charge on any atom is -0.394 e. The molecule has 486 valence electrons. The number of hydrogen-bond donors (Lipinski definition) is 6. The van der Waals surface area contributed by atoms with Crippen molar-refractivity contribution in [3.8, 4) is 0 Å². The third kappa shape index (κ3) is 50.8. The van der Waals surface area contributed by atoms with Gasteiger partial charge in [-0.3, -0.25) is 4.79 Å². The normalized spacial score (nSPS) is 18.4. The molecule has 0 bridgehead atoms. The highest BCUT2D eigenvalue weighted by Gasteiger charge is 2.44. The zero-order valence-electron chi connectivity index (χ0n) is 54.5. The van der Waals surface area contributed by atoms with Crippen LogP contribution >= 0.6 is 0 Å². The summed E-state index contributed by atoms with van der Waals surface area (Å²) in [4.78, 5) is 13.2. The minimum atomic E-state index is -1.55. The Hall–Kier alpha value is -1.33. The van der Waals surface area contributed by atoms with Gasteiger partial charge in [0.25, 0.3) is 0 Å². The summed E-state index contributed by atoms with van der Waals surface area (Å²) in [5, 5.41) is 55.0. The first kappa shape index (κ1) is 78.7. The van der Waals surface area contributed by atoms with Gasteiger partial charge in [0.05, 0.1) is 25.4 Å². The van der Waals surface area contributed by atoms with Crippen molar-refractivity contribution in [1.82, 2.24) is 5.32 Å². The number of aliphatic hydroxyl groups is 5. The molecule has 1 rings (SSSR count). The lowest BCUT2D eigenvalue weighted by atomic mass is 9.99. The number of amides is 1. The average Bonchev–Trinajstić information content (AvgIpc) is 3.52. The van der Waals surface area contributed by atoms with Crippen LogP contribution in [-0.4, -0.2) is 87.5 Å². The number of unbranched alkanes of at least 4 members (excludes halogenated alkanes) is 51. The van der Waals surface area contributed by atoms with Gasteiger partial charge in [0.2, 0.25) is 5.91 Å². The Balaban J connectivity index is 2.07. The van der Waals surface area contributed by atoms with E-state index in [1.54, 1.807) is 0 Å². The molecule has 1 saturated heterocycles. The van der Waals surface area contributed by atoms with E-state index in [-0.39, 0.29) is 12.5 Å². The number of ether oxygens (including phenoxy) is 2. The minimum absolute atomic E-state index is 0.132. The highest BCUT2D eigenvalue weighted by Crippen LogP contribution is 2.24. The second-order valence-corrected chi connectivity index (χ2v) is 25.7. The highest BCUT2D eigenvalue weighted by molar-refractivity contribution is 5.76. The number of hydrogen-bond acceptors (Lipinski definition) is 8. The molecular formula is C73H141NO8. The molecule has 0 aromatic carbocycles. The molecule has 7 unspecified atom stereocenters. The maximum atomic E-state index is 13.2. The Kier molecular flexibility index (Phi) is 60.2. The first-order valence-corrected chi connectivity index (χ1v) is 36.5. The summed E-state index contributed by atoms with van der Waals surface area (Å²) in [5.74, 6) is -0.135. The van der Waals surface area contributed by atoms with Gasteiger partial charge in [-0.2, -0.15) is 0 Å². The van der Waals surface area contributed by atoms with E-state index in [1.165, 1.54) is 308 Å². The number of allylic oxidation sites excluding steroid dienone is 4. The second kappa shape index (κ2) is 62.7. The molecular weight excluding hydrogens is 1020 g/mol. The van der Waals surface area contributed by atoms with Gasteiger partial charge in [-0.15, -0.1) is 0 Å². The molecule has 7 atom stereocenters. The summed E-state index contributed by atoms with van der Waals surface area (Å²) in [7, 11) is 0. The van der Waals surface area contributed by atoms with E-state index in [9.17, 15) is 30.3 Å². The summed E-state index contributed by atoms with van der Waals surface area (Å²) < 4.78 is 11.4. The lowest BCUT2D eigenvalue weighted by Crippen LogP contribution is -2.60. The van der Waals surface area contributed by atoms with E-state index in [4.69, 9.17) is 9.47 Å². The lowest BCUT2D eigenvalue weighted by molar-refractivity contribution is -0.302. The maximum Gasteiger partial charge on any atom is 0.220 e. The van der Waals surface area contributed by atoms with Crippen LogP contribution in [0.15, 0.2) is 24.3 Å². The Morgan fingerprint density at radius 2 is 0.720 bits per heavy atom. The molecule has 1 fully saturated rings. The first-order chi connectivity index (χ1) is 40.3. The first-order valence-electron chi connectivity index (χ1n) is 36.5. The molecule has 9 heteroatoms. The largest absolute Gasteiger partial charge is 0.394 e. The zero-order chi connectivity index (χ0) is 59.3. The SMILES string of the molecule is CCCCCCC/C=C\C/C=C\CCCCCCCCCCCCCCCCCCCCCCCCCC(=O)NC(COC1OC(CO)C(O)C(O)C1O)C(O)CCCCCCCCCCCCCCCCCCCCCCCCCC. The van der Waals surface area contributed by atoms with Crippen molar-refractivity contribution in [3.05, 3.63) is 24.3 Å². The monoisotopic (exact) mass is 1160 g/mol. The van der Waals surface area contributed by atoms with Crippen LogP contribution in [0, 0.1) is 0 Å². The number of carbonyl (C=O) groups is 1. The van der Waals surface area contributed by atoms with Crippen LogP contribution in [0.2, 0.25) is 0 Å². The lowest BCUT2D eigenvalue weighted by Gasteiger charge is -2.40. The van der Waals surface area contributed by atoms with E-state index in [1.807, 2.05) is 0 Å². The van der Waals surface area contributed by atoms with Crippen LogP contribution in [0.25, 0.3) is 0 Å². The Bertz CT molecular complexity index is 1340. The number of rotatable bonds is 65. The van der Waals surface area contributed by atoms with Crippen molar-refractivity contribution < 1.29 is 39.8 Å². The molecule has 1 aliphatic heterocycles. The van der Waals surface area contributed by atoms with Crippen molar-refractivity contribution in [2.24, 2.45) is 0 Å². The standard InChI is InChI=1S/C73H141NO8/c1-3-5-7-9-11-13-15-17-19-21-23-25-27-29-30-31-32-33-34-35-36-37-38-39-41-43-45-47-49-51-53-55-57-59-61-63-69(77)74-66(65-81-73-72(80)71(79)70(78)68(64-75)82-73)67(76)62-60-58-56-54-52-50-48-46-44-42-40-28-26-24-22-20-18-16-14-12-10-8-6-4-2/h15,17,21,23,66-68,70-73,75-76,78-80H,3-14,16,18-20,22,24-65H2,1-2H3,(H,74,77)/b17-15-,23-21-. The van der Waals surface area contributed by atoms with Crippen molar-refractivity contribution in [2.45, 2.75) is 423 Å². The Labute approximate surface area is 509 Å². The van der Waals surface area contributed by atoms with Gasteiger partial charge in [-0.05, 0) is 44.9 Å². The fourth-order valence-corrected chi connectivity index (χ4v) is 12.1. The predicted octanol–water partition coefficient (Wildman–Crippen LogP) is 20.0. The maximum absolute atomic E-state index is 13.2. The number of aliphatic hydroxyl groups excluding tert-OH is 5. The summed E-state index contributed by atoms with van der Waals surface area (Å²) in [6.07, 6.45) is 75.5. The van der Waals surface area contributed by atoms with Crippen LogP contribution < -0.4 is 5.32 Å². The van der Waals surface area contributed by atoms with E-state index < -0.39 is 49.5 Å². The van der Waals surface area contributed by atoms with Crippen LogP contribution in [0.4, 0.5) is 0 Å². The molecule has 0 radical (unpaired) electrons. The topological polar surface area (TPSA) is 149 Å². The molecule has 1 amide bonds. The zero-order valence-corrected chi connectivity index (χ0v) is 54.5. The fraction of sp³-hybridized carbons (Fsp3) is 0.932. The molecule has 0 aliphatic carbocycles. The molecule has 0 aromatic heterocycles. The second-order valence-electron chi connectivity index (χ2n) is 25.7. The third-order valence-corrected chi connectivity index (χ3v) is 17.8. The van der Waals surface area contributed by atoms with E-state index in [2.05, 4.69) is 43.5 Å². The van der Waals surface area contributed by atoms with E-state index in [0.29, 0.717) is 12.8 Å². The quantitative estimate of drug-likeness (QED) is 0.0261. The molecule has 1 heterocycles. The third-order valence-electron chi connectivity index (χ3n) is 17.8. The van der Waals surface area contributed by atoms with Crippen LogP contribution in [0.1, 0.15) is 380 Å². The van der Waals surface area contributed by atoms with E-state index >= 15 is 0 Å². The molecule has 82 heavy (non-hydrogen) atoms. The molecule has 0 saturated carbocycles. The predicted molar refractivity (Wildman–Crippen MR) is 350 cm³/mol. The Morgan fingerprint density at radius 1 is 0.415 bits per heavy atom. The van der Waals surface area contributed by atoms with Gasteiger partial charge < -0.3 is 40.3 Å². The fourth-order valence-electron chi connectivity index (χ4n) is 12.1. The number of nitrogens with one attached hydrogen (secondary N) is 1. The van der Waals surface area contributed by atoms with Gasteiger partial charge in [-0.25, -0.2) is 0 Å². The van der Waals surface area contributed by atoms with Crippen molar-refractivity contribution in [1.29, 1.82) is 0 Å². The summed E-state index contributed by atoms with van der Waals surface area (Å²) in [6.45, 7) is 3.89. The molecule has 1 aliphatic rings. The molecule has 0 spiro atoms. The van der Waals surface area contributed by atoms with Crippen LogP contribution in [0.3, 0.4) is 0 Å². The van der Waals surface area contributed by atoms with Crippen LogP contribution in [-0.2, 0) is 14.3 Å². The summed E-state index contributed by atoms with van der Waals surface area (Å²) in [6, 6.07) is -0.717. The van der Waals surface area contributed by atoms with Crippen LogP contribution in [0.5, 0.6) is 0 Å². The number of carbonyl (C=O) groups excluding carboxylic acids is 1. The van der Waals surface area contributed by atoms with Crippen molar-refractivity contribution in [3.63, 3.8) is 0 Å².